The van der Waals surface area contributed by atoms with Crippen LogP contribution in [0.1, 0.15) is 43.1 Å². The summed E-state index contributed by atoms with van der Waals surface area (Å²) in [5.41, 5.74) is 0.711. The van der Waals surface area contributed by atoms with E-state index in [0.29, 0.717) is 37.3 Å². The Hall–Kier alpha value is -3.00. The number of carbonyl (C=O) groups is 1. The van der Waals surface area contributed by atoms with Crippen molar-refractivity contribution >= 4 is 28.5 Å². The van der Waals surface area contributed by atoms with Crippen LogP contribution in [-0.2, 0) is 9.53 Å². The van der Waals surface area contributed by atoms with Crippen molar-refractivity contribution < 1.29 is 14.6 Å². The molecule has 3 N–H and O–H groups in total. The number of nitrogens with one attached hydrogen (secondary N) is 2. The van der Waals surface area contributed by atoms with Crippen LogP contribution >= 0.6 is 0 Å². The Balaban J connectivity index is 1.66. The number of hydrogen-bond acceptors (Lipinski definition) is 6. The molecule has 1 aliphatic rings. The minimum Gasteiger partial charge on any atom is -0.479 e. The zero-order chi connectivity index (χ0) is 19.7. The number of aromatic nitrogens is 4. The molecule has 1 aliphatic carbocycles. The molecule has 0 amide bonds. The zero-order valence-electron chi connectivity index (χ0n) is 15.9. The SMILES string of the molecule is COC1(C(=O)O)CCC(c2nc(Nc3cc(C)[nH]n3)c3ccccc3n2)CC1. The molecule has 1 fully saturated rings. The minimum absolute atomic E-state index is 0.0914. The summed E-state index contributed by atoms with van der Waals surface area (Å²) < 4.78 is 5.34. The van der Waals surface area contributed by atoms with E-state index in [1.165, 1.54) is 7.11 Å². The number of H-pyrrole nitrogens is 1. The molecule has 1 saturated carbocycles. The van der Waals surface area contributed by atoms with Crippen LogP contribution in [0.25, 0.3) is 10.9 Å². The van der Waals surface area contributed by atoms with Crippen molar-refractivity contribution in [3.63, 3.8) is 0 Å². The summed E-state index contributed by atoms with van der Waals surface area (Å²) in [6, 6.07) is 9.75. The molecule has 8 heteroatoms. The quantitative estimate of drug-likeness (QED) is 0.619. The van der Waals surface area contributed by atoms with Crippen molar-refractivity contribution in [2.24, 2.45) is 0 Å². The molecule has 0 atom stereocenters. The number of aliphatic carboxylic acids is 1. The third-order valence-corrected chi connectivity index (χ3v) is 5.51. The third-order valence-electron chi connectivity index (χ3n) is 5.51. The molecule has 1 aromatic carbocycles. The Labute approximate surface area is 162 Å². The highest BCUT2D eigenvalue weighted by Gasteiger charge is 2.43. The molecular weight excluding hydrogens is 358 g/mol. The van der Waals surface area contributed by atoms with Crippen molar-refractivity contribution in [3.05, 3.63) is 41.9 Å². The number of carboxylic acids is 1. The maximum atomic E-state index is 11.6. The first-order chi connectivity index (χ1) is 13.5. The highest BCUT2D eigenvalue weighted by atomic mass is 16.5. The Morgan fingerprint density at radius 3 is 2.68 bits per heavy atom. The number of para-hydroxylation sites is 1. The second-order valence-corrected chi connectivity index (χ2v) is 7.29. The summed E-state index contributed by atoms with van der Waals surface area (Å²) in [7, 11) is 1.47. The molecule has 4 rings (SSSR count). The van der Waals surface area contributed by atoms with E-state index in [2.05, 4.69) is 15.5 Å². The van der Waals surface area contributed by atoms with Crippen molar-refractivity contribution in [1.29, 1.82) is 0 Å². The van der Waals surface area contributed by atoms with Crippen LogP contribution in [-0.4, -0.2) is 44.0 Å². The molecule has 146 valence electrons. The smallest absolute Gasteiger partial charge is 0.335 e. The molecule has 8 nitrogen and oxygen atoms in total. The molecule has 2 heterocycles. The Bertz CT molecular complexity index is 1010. The molecule has 2 aromatic heterocycles. The van der Waals surface area contributed by atoms with Crippen molar-refractivity contribution in [2.45, 2.75) is 44.1 Å². The van der Waals surface area contributed by atoms with E-state index in [1.807, 2.05) is 37.3 Å². The molecule has 0 spiro atoms. The molecule has 3 aromatic rings. The Morgan fingerprint density at radius 1 is 1.29 bits per heavy atom. The van der Waals surface area contributed by atoms with Gasteiger partial charge in [-0.1, -0.05) is 12.1 Å². The lowest BCUT2D eigenvalue weighted by molar-refractivity contribution is -0.166. The maximum Gasteiger partial charge on any atom is 0.335 e. The van der Waals surface area contributed by atoms with Gasteiger partial charge in [0.15, 0.2) is 11.4 Å². The maximum absolute atomic E-state index is 11.6. The molecule has 28 heavy (non-hydrogen) atoms. The molecule has 0 saturated heterocycles. The lowest BCUT2D eigenvalue weighted by atomic mass is 9.78. The molecule has 0 radical (unpaired) electrons. The fourth-order valence-corrected chi connectivity index (χ4v) is 3.82. The Morgan fingerprint density at radius 2 is 2.04 bits per heavy atom. The van der Waals surface area contributed by atoms with Gasteiger partial charge in [0.05, 0.1) is 5.52 Å². The lowest BCUT2D eigenvalue weighted by Gasteiger charge is -2.35. The Kier molecular flexibility index (Phi) is 4.72. The van der Waals surface area contributed by atoms with Gasteiger partial charge in [-0.15, -0.1) is 0 Å². The fourth-order valence-electron chi connectivity index (χ4n) is 3.82. The number of ether oxygens (including phenoxy) is 1. The van der Waals surface area contributed by atoms with E-state index in [0.717, 1.165) is 22.4 Å². The first-order valence-electron chi connectivity index (χ1n) is 9.35. The summed E-state index contributed by atoms with van der Waals surface area (Å²) >= 11 is 0. The van der Waals surface area contributed by atoms with Gasteiger partial charge in [0.2, 0.25) is 0 Å². The highest BCUT2D eigenvalue weighted by Crippen LogP contribution is 2.39. The van der Waals surface area contributed by atoms with E-state index in [4.69, 9.17) is 14.7 Å². The van der Waals surface area contributed by atoms with Crippen LogP contribution in [0.4, 0.5) is 11.6 Å². The first kappa shape index (κ1) is 18.4. The van der Waals surface area contributed by atoms with Gasteiger partial charge in [0.1, 0.15) is 11.6 Å². The van der Waals surface area contributed by atoms with Gasteiger partial charge in [0.25, 0.3) is 0 Å². The van der Waals surface area contributed by atoms with Gasteiger partial charge in [-0.2, -0.15) is 5.10 Å². The average molecular weight is 381 g/mol. The number of benzene rings is 1. The van der Waals surface area contributed by atoms with Crippen molar-refractivity contribution in [2.75, 3.05) is 12.4 Å². The third kappa shape index (κ3) is 3.31. The van der Waals surface area contributed by atoms with Gasteiger partial charge >= 0.3 is 5.97 Å². The second-order valence-electron chi connectivity index (χ2n) is 7.29. The number of fused-ring (bicyclic) bond motifs is 1. The monoisotopic (exact) mass is 381 g/mol. The molecule has 0 unspecified atom stereocenters. The highest BCUT2D eigenvalue weighted by molar-refractivity contribution is 5.90. The summed E-state index contributed by atoms with van der Waals surface area (Å²) in [5, 5.41) is 20.9. The second kappa shape index (κ2) is 7.20. The standard InChI is InChI=1S/C20H23N5O3/c1-12-11-16(25-24-12)22-18-14-5-3-4-6-15(14)21-17(23-18)13-7-9-20(28-2,10-8-13)19(26)27/h3-6,11,13H,7-10H2,1-2H3,(H,26,27)(H2,21,22,23,24,25). The van der Waals surface area contributed by atoms with Crippen LogP contribution in [0, 0.1) is 6.92 Å². The number of carboxylic acid groups (broad SMARTS) is 1. The van der Waals surface area contributed by atoms with Crippen LogP contribution in [0.3, 0.4) is 0 Å². The summed E-state index contributed by atoms with van der Waals surface area (Å²) in [6.07, 6.45) is 2.22. The van der Waals surface area contributed by atoms with E-state index in [1.54, 1.807) is 0 Å². The number of hydrogen-bond donors (Lipinski definition) is 3. The van der Waals surface area contributed by atoms with Crippen LogP contribution in [0.2, 0.25) is 0 Å². The number of methoxy groups -OCH3 is 1. The van der Waals surface area contributed by atoms with E-state index in [-0.39, 0.29) is 5.92 Å². The van der Waals surface area contributed by atoms with Crippen LogP contribution in [0.5, 0.6) is 0 Å². The van der Waals surface area contributed by atoms with Gasteiger partial charge in [-0.3, -0.25) is 5.10 Å². The predicted octanol–water partition coefficient (Wildman–Crippen LogP) is 3.53. The summed E-state index contributed by atoms with van der Waals surface area (Å²) in [4.78, 5) is 21.1. The van der Waals surface area contributed by atoms with E-state index < -0.39 is 11.6 Å². The number of aryl methyl sites for hydroxylation is 1. The van der Waals surface area contributed by atoms with Crippen LogP contribution in [0.15, 0.2) is 30.3 Å². The average Bonchev–Trinajstić information content (AvgIpc) is 3.12. The molecule has 0 bridgehead atoms. The first-order valence-corrected chi connectivity index (χ1v) is 9.35. The normalized spacial score (nSPS) is 22.3. The fraction of sp³-hybridized carbons (Fsp3) is 0.400. The number of rotatable bonds is 5. The van der Waals surface area contributed by atoms with Gasteiger partial charge in [-0.05, 0) is 44.7 Å². The minimum atomic E-state index is -1.10. The van der Waals surface area contributed by atoms with Crippen molar-refractivity contribution in [3.8, 4) is 0 Å². The van der Waals surface area contributed by atoms with Gasteiger partial charge < -0.3 is 15.2 Å². The topological polar surface area (TPSA) is 113 Å². The zero-order valence-corrected chi connectivity index (χ0v) is 15.9. The van der Waals surface area contributed by atoms with Crippen LogP contribution < -0.4 is 5.32 Å². The van der Waals surface area contributed by atoms with Crippen molar-refractivity contribution in [1.82, 2.24) is 20.2 Å². The number of aromatic amines is 1. The van der Waals surface area contributed by atoms with E-state index in [9.17, 15) is 9.90 Å². The predicted molar refractivity (Wildman–Crippen MR) is 105 cm³/mol. The van der Waals surface area contributed by atoms with E-state index >= 15 is 0 Å². The molecule has 0 aliphatic heterocycles. The van der Waals surface area contributed by atoms with Gasteiger partial charge in [-0.25, -0.2) is 14.8 Å². The lowest BCUT2D eigenvalue weighted by Crippen LogP contribution is -2.43. The van der Waals surface area contributed by atoms with Gasteiger partial charge in [0, 0.05) is 30.2 Å². The summed E-state index contributed by atoms with van der Waals surface area (Å²) in [6.45, 7) is 1.94. The molecular formula is C20H23N5O3. The number of nitrogens with zero attached hydrogens (tertiary/aromatic N) is 3. The summed E-state index contributed by atoms with van der Waals surface area (Å²) in [5.74, 6) is 1.32. The largest absolute Gasteiger partial charge is 0.479 e. The number of anilines is 2.